The van der Waals surface area contributed by atoms with Gasteiger partial charge in [0.25, 0.3) is 0 Å². The number of carbonyl (C=O) groups excluding carboxylic acids is 1. The molecule has 0 radical (unpaired) electrons. The molecule has 2 unspecified atom stereocenters. The maximum Gasteiger partial charge on any atom is 0.219 e. The first-order valence-electron chi connectivity index (χ1n) is 7.66. The van der Waals surface area contributed by atoms with Crippen LogP contribution < -0.4 is 5.32 Å². The minimum atomic E-state index is 0.0837. The van der Waals surface area contributed by atoms with Crippen molar-refractivity contribution in [1.82, 2.24) is 4.90 Å². The Morgan fingerprint density at radius 1 is 1.33 bits per heavy atom. The molecule has 1 aliphatic rings. The van der Waals surface area contributed by atoms with Crippen molar-refractivity contribution in [3.8, 4) is 0 Å². The number of amides is 1. The molecule has 0 aliphatic carbocycles. The van der Waals surface area contributed by atoms with E-state index in [0.717, 1.165) is 24.1 Å². The number of hydrogen-bond donors (Lipinski definition) is 1. The lowest BCUT2D eigenvalue weighted by molar-refractivity contribution is -0.128. The van der Waals surface area contributed by atoms with E-state index in [1.54, 1.807) is 11.8 Å². The van der Waals surface area contributed by atoms with Crippen molar-refractivity contribution in [3.05, 3.63) is 29.8 Å². The summed E-state index contributed by atoms with van der Waals surface area (Å²) in [5, 5.41) is 3.60. The van der Waals surface area contributed by atoms with Gasteiger partial charge in [0.15, 0.2) is 0 Å². The molecule has 4 nitrogen and oxygen atoms in total. The molecule has 0 aromatic heterocycles. The average Bonchev–Trinajstić information content (AvgIpc) is 2.37. The molecular formula is C17H26N2O2. The first-order chi connectivity index (χ1) is 9.94. The zero-order valence-electron chi connectivity index (χ0n) is 13.4. The smallest absolute Gasteiger partial charge is 0.219 e. The first-order valence-corrected chi connectivity index (χ1v) is 7.66. The third-order valence-electron chi connectivity index (χ3n) is 3.95. The molecule has 0 saturated carbocycles. The summed E-state index contributed by atoms with van der Waals surface area (Å²) in [7, 11) is 1.82. The Morgan fingerprint density at radius 2 is 2.00 bits per heavy atom. The van der Waals surface area contributed by atoms with E-state index < -0.39 is 0 Å². The number of hydrogen-bond acceptors (Lipinski definition) is 3. The second-order valence-electron chi connectivity index (χ2n) is 6.15. The Balaban J connectivity index is 1.99. The van der Waals surface area contributed by atoms with Crippen LogP contribution in [0.4, 0.5) is 5.69 Å². The topological polar surface area (TPSA) is 41.6 Å². The van der Waals surface area contributed by atoms with Gasteiger partial charge in [-0.25, -0.2) is 0 Å². The summed E-state index contributed by atoms with van der Waals surface area (Å²) in [5.41, 5.74) is 2.27. The van der Waals surface area contributed by atoms with E-state index in [9.17, 15) is 4.79 Å². The highest BCUT2D eigenvalue weighted by molar-refractivity contribution is 5.72. The van der Waals surface area contributed by atoms with Crippen LogP contribution in [0.1, 0.15) is 39.2 Å². The van der Waals surface area contributed by atoms with Gasteiger partial charge in [-0.2, -0.15) is 0 Å². The van der Waals surface area contributed by atoms with Crippen LogP contribution in [0.5, 0.6) is 0 Å². The van der Waals surface area contributed by atoms with Gasteiger partial charge in [0, 0.05) is 32.2 Å². The Labute approximate surface area is 127 Å². The van der Waals surface area contributed by atoms with Gasteiger partial charge in [0.2, 0.25) is 5.91 Å². The monoisotopic (exact) mass is 290 g/mol. The van der Waals surface area contributed by atoms with Gasteiger partial charge < -0.3 is 15.0 Å². The van der Waals surface area contributed by atoms with Crippen molar-refractivity contribution in [2.24, 2.45) is 0 Å². The molecule has 21 heavy (non-hydrogen) atoms. The molecular weight excluding hydrogens is 264 g/mol. The van der Waals surface area contributed by atoms with Gasteiger partial charge in [-0.15, -0.1) is 0 Å². The van der Waals surface area contributed by atoms with Crippen molar-refractivity contribution in [3.63, 3.8) is 0 Å². The van der Waals surface area contributed by atoms with Crippen molar-refractivity contribution in [2.45, 2.75) is 58.4 Å². The lowest BCUT2D eigenvalue weighted by Crippen LogP contribution is -2.36. The minimum absolute atomic E-state index is 0.0837. The highest BCUT2D eigenvalue weighted by Crippen LogP contribution is 2.23. The largest absolute Gasteiger partial charge is 0.382 e. The normalized spacial score (nSPS) is 25.4. The minimum Gasteiger partial charge on any atom is -0.382 e. The standard InChI is InChI=1S/C17H26N2O2/c1-12-8-17(9-13(2)21-12)18-16-7-5-6-15(10-16)11-19(4)14(3)20/h5-7,10,12-13,17-18H,8-9,11H2,1-4H3. The molecule has 1 saturated heterocycles. The Morgan fingerprint density at radius 3 is 2.62 bits per heavy atom. The summed E-state index contributed by atoms with van der Waals surface area (Å²) in [6.07, 6.45) is 2.67. The summed E-state index contributed by atoms with van der Waals surface area (Å²) < 4.78 is 5.77. The molecule has 1 N–H and O–H groups in total. The van der Waals surface area contributed by atoms with Crippen LogP contribution in [0, 0.1) is 0 Å². The zero-order valence-corrected chi connectivity index (χ0v) is 13.4. The molecule has 116 valence electrons. The van der Waals surface area contributed by atoms with Gasteiger partial charge in [-0.1, -0.05) is 12.1 Å². The van der Waals surface area contributed by atoms with E-state index in [1.165, 1.54) is 0 Å². The van der Waals surface area contributed by atoms with Crippen LogP contribution in [0.25, 0.3) is 0 Å². The SMILES string of the molecule is CC(=O)N(C)Cc1cccc(NC2CC(C)OC(C)C2)c1. The second-order valence-corrected chi connectivity index (χ2v) is 6.15. The van der Waals surface area contributed by atoms with Crippen molar-refractivity contribution < 1.29 is 9.53 Å². The summed E-state index contributed by atoms with van der Waals surface area (Å²) in [6, 6.07) is 8.76. The number of rotatable bonds is 4. The van der Waals surface area contributed by atoms with Crippen molar-refractivity contribution in [2.75, 3.05) is 12.4 Å². The summed E-state index contributed by atoms with van der Waals surface area (Å²) >= 11 is 0. The average molecular weight is 290 g/mol. The molecule has 4 heteroatoms. The quantitative estimate of drug-likeness (QED) is 0.926. The number of anilines is 1. The zero-order chi connectivity index (χ0) is 15.4. The van der Waals surface area contributed by atoms with Gasteiger partial charge in [0.05, 0.1) is 12.2 Å². The van der Waals surface area contributed by atoms with Crippen LogP contribution in [0.2, 0.25) is 0 Å². The molecule has 1 aliphatic heterocycles. The molecule has 2 rings (SSSR count). The predicted octanol–water partition coefficient (Wildman–Crippen LogP) is 3.03. The fourth-order valence-corrected chi connectivity index (χ4v) is 2.90. The third kappa shape index (κ3) is 4.74. The summed E-state index contributed by atoms with van der Waals surface area (Å²) in [5.74, 6) is 0.0837. The maximum atomic E-state index is 11.3. The molecule has 0 bridgehead atoms. The lowest BCUT2D eigenvalue weighted by atomic mass is 9.99. The Hall–Kier alpha value is -1.55. The van der Waals surface area contributed by atoms with Crippen LogP contribution in [-0.2, 0) is 16.1 Å². The van der Waals surface area contributed by atoms with Gasteiger partial charge in [-0.05, 0) is 44.4 Å². The van der Waals surface area contributed by atoms with E-state index in [-0.39, 0.29) is 5.91 Å². The third-order valence-corrected chi connectivity index (χ3v) is 3.95. The maximum absolute atomic E-state index is 11.3. The van der Waals surface area contributed by atoms with Crippen LogP contribution in [0.3, 0.4) is 0 Å². The van der Waals surface area contributed by atoms with E-state index >= 15 is 0 Å². The lowest BCUT2D eigenvalue weighted by Gasteiger charge is -2.33. The number of benzene rings is 1. The molecule has 1 amide bonds. The van der Waals surface area contributed by atoms with Crippen LogP contribution in [0.15, 0.2) is 24.3 Å². The van der Waals surface area contributed by atoms with E-state index in [4.69, 9.17) is 4.74 Å². The number of nitrogens with zero attached hydrogens (tertiary/aromatic N) is 1. The van der Waals surface area contributed by atoms with Crippen molar-refractivity contribution >= 4 is 11.6 Å². The Bertz CT molecular complexity index is 479. The second kappa shape index (κ2) is 6.94. The first kappa shape index (κ1) is 15.8. The van der Waals surface area contributed by atoms with Gasteiger partial charge >= 0.3 is 0 Å². The number of carbonyl (C=O) groups is 1. The number of ether oxygens (including phenoxy) is 1. The van der Waals surface area contributed by atoms with Crippen LogP contribution >= 0.6 is 0 Å². The predicted molar refractivity (Wildman–Crippen MR) is 85.2 cm³/mol. The molecule has 1 aromatic carbocycles. The van der Waals surface area contributed by atoms with Gasteiger partial charge in [0.1, 0.15) is 0 Å². The number of nitrogens with one attached hydrogen (secondary N) is 1. The molecule has 2 atom stereocenters. The summed E-state index contributed by atoms with van der Waals surface area (Å²) in [4.78, 5) is 13.0. The van der Waals surface area contributed by atoms with E-state index in [0.29, 0.717) is 24.8 Å². The molecule has 1 fully saturated rings. The van der Waals surface area contributed by atoms with Crippen LogP contribution in [-0.4, -0.2) is 36.1 Å². The highest BCUT2D eigenvalue weighted by atomic mass is 16.5. The Kier molecular flexibility index (Phi) is 5.23. The van der Waals surface area contributed by atoms with Crippen molar-refractivity contribution in [1.29, 1.82) is 0 Å². The van der Waals surface area contributed by atoms with E-state index in [2.05, 4.69) is 37.4 Å². The van der Waals surface area contributed by atoms with Gasteiger partial charge in [-0.3, -0.25) is 4.79 Å². The summed E-state index contributed by atoms with van der Waals surface area (Å²) in [6.45, 7) is 6.49. The molecule has 0 spiro atoms. The highest BCUT2D eigenvalue weighted by Gasteiger charge is 2.24. The van der Waals surface area contributed by atoms with E-state index in [1.807, 2.05) is 13.1 Å². The fraction of sp³-hybridized carbons (Fsp3) is 0.588. The molecule has 1 aromatic rings. The fourth-order valence-electron chi connectivity index (χ4n) is 2.90. The molecule has 1 heterocycles.